The Hall–Kier alpha value is -2.95. The molecule has 21 heavy (non-hydrogen) atoms. The van der Waals surface area contributed by atoms with Crippen LogP contribution in [0.2, 0.25) is 0 Å². The van der Waals surface area contributed by atoms with Gasteiger partial charge in [0.1, 0.15) is 0 Å². The van der Waals surface area contributed by atoms with Gasteiger partial charge in [-0.05, 0) is 41.0 Å². The number of carbonyl (C=O) groups excluding carboxylic acids is 3. The zero-order valence-electron chi connectivity index (χ0n) is 10.9. The molecule has 4 rings (SSSR count). The summed E-state index contributed by atoms with van der Waals surface area (Å²) in [4.78, 5) is 34.8. The molecule has 0 unspecified atom stereocenters. The second kappa shape index (κ2) is 4.02. The van der Waals surface area contributed by atoms with Crippen LogP contribution in [0.25, 0.3) is 11.1 Å². The SMILES string of the molecule is O=C1NCc2cc(-c3ccc4c(c3)C(=O)NC4=O)ccc21. The summed E-state index contributed by atoms with van der Waals surface area (Å²) < 4.78 is 0. The molecule has 102 valence electrons. The van der Waals surface area contributed by atoms with Crippen molar-refractivity contribution in [2.75, 3.05) is 0 Å². The van der Waals surface area contributed by atoms with E-state index >= 15 is 0 Å². The number of rotatable bonds is 1. The van der Waals surface area contributed by atoms with Gasteiger partial charge >= 0.3 is 0 Å². The molecule has 2 heterocycles. The van der Waals surface area contributed by atoms with Crippen LogP contribution < -0.4 is 10.6 Å². The normalized spacial score (nSPS) is 15.5. The Labute approximate surface area is 120 Å². The molecule has 2 aliphatic heterocycles. The molecule has 0 spiro atoms. The predicted octanol–water partition coefficient (Wildman–Crippen LogP) is 1.48. The lowest BCUT2D eigenvalue weighted by Crippen LogP contribution is -2.19. The summed E-state index contributed by atoms with van der Waals surface area (Å²) >= 11 is 0. The van der Waals surface area contributed by atoms with Crippen LogP contribution in [-0.2, 0) is 6.54 Å². The molecular formula is C16H10N2O3. The monoisotopic (exact) mass is 278 g/mol. The van der Waals surface area contributed by atoms with Gasteiger partial charge in [0.25, 0.3) is 17.7 Å². The number of nitrogens with one attached hydrogen (secondary N) is 2. The molecule has 5 nitrogen and oxygen atoms in total. The lowest BCUT2D eigenvalue weighted by molar-refractivity contribution is 0.0878. The molecule has 5 heteroatoms. The van der Waals surface area contributed by atoms with Crippen LogP contribution in [0, 0.1) is 0 Å². The van der Waals surface area contributed by atoms with Crippen molar-refractivity contribution < 1.29 is 14.4 Å². The van der Waals surface area contributed by atoms with Gasteiger partial charge in [-0.1, -0.05) is 12.1 Å². The molecule has 0 saturated heterocycles. The van der Waals surface area contributed by atoms with E-state index in [0.717, 1.165) is 16.7 Å². The van der Waals surface area contributed by atoms with Crippen molar-refractivity contribution in [2.45, 2.75) is 6.54 Å². The Morgan fingerprint density at radius 1 is 0.714 bits per heavy atom. The summed E-state index contributed by atoms with van der Waals surface area (Å²) in [6, 6.07) is 10.7. The van der Waals surface area contributed by atoms with Crippen LogP contribution in [0.1, 0.15) is 36.6 Å². The van der Waals surface area contributed by atoms with Gasteiger partial charge in [0.05, 0.1) is 11.1 Å². The van der Waals surface area contributed by atoms with E-state index in [0.29, 0.717) is 23.2 Å². The van der Waals surface area contributed by atoms with Crippen molar-refractivity contribution in [2.24, 2.45) is 0 Å². The van der Waals surface area contributed by atoms with E-state index < -0.39 is 0 Å². The molecule has 0 atom stereocenters. The fourth-order valence-corrected chi connectivity index (χ4v) is 2.76. The summed E-state index contributed by atoms with van der Waals surface area (Å²) in [7, 11) is 0. The smallest absolute Gasteiger partial charge is 0.258 e. The predicted molar refractivity (Wildman–Crippen MR) is 74.8 cm³/mol. The van der Waals surface area contributed by atoms with Gasteiger partial charge < -0.3 is 5.32 Å². The lowest BCUT2D eigenvalue weighted by atomic mass is 9.97. The van der Waals surface area contributed by atoms with E-state index in [1.807, 2.05) is 18.2 Å². The first-order chi connectivity index (χ1) is 10.1. The minimum absolute atomic E-state index is 0.0597. The number of hydrogen-bond acceptors (Lipinski definition) is 3. The Morgan fingerprint density at radius 3 is 2.19 bits per heavy atom. The zero-order chi connectivity index (χ0) is 14.6. The summed E-state index contributed by atoms with van der Waals surface area (Å²) in [5.41, 5.74) is 4.20. The zero-order valence-corrected chi connectivity index (χ0v) is 10.9. The van der Waals surface area contributed by atoms with Crippen molar-refractivity contribution in [3.05, 3.63) is 58.7 Å². The van der Waals surface area contributed by atoms with Crippen molar-refractivity contribution in [3.63, 3.8) is 0 Å². The van der Waals surface area contributed by atoms with Crippen LogP contribution in [-0.4, -0.2) is 17.7 Å². The Kier molecular flexibility index (Phi) is 2.27. The minimum atomic E-state index is -0.366. The maximum absolute atomic E-state index is 11.7. The maximum atomic E-state index is 11.7. The number of benzene rings is 2. The van der Waals surface area contributed by atoms with E-state index in [1.165, 1.54) is 0 Å². The van der Waals surface area contributed by atoms with Gasteiger partial charge in [-0.15, -0.1) is 0 Å². The van der Waals surface area contributed by atoms with Crippen molar-refractivity contribution >= 4 is 17.7 Å². The Bertz CT molecular complexity index is 839. The van der Waals surface area contributed by atoms with Gasteiger partial charge in [-0.25, -0.2) is 0 Å². The summed E-state index contributed by atoms with van der Waals surface area (Å²) in [6.45, 7) is 0.520. The molecule has 3 amide bonds. The molecule has 2 N–H and O–H groups in total. The third kappa shape index (κ3) is 1.67. The highest BCUT2D eigenvalue weighted by molar-refractivity contribution is 6.21. The number of carbonyl (C=O) groups is 3. The quantitative estimate of drug-likeness (QED) is 0.776. The van der Waals surface area contributed by atoms with Gasteiger partial charge in [0.2, 0.25) is 0 Å². The van der Waals surface area contributed by atoms with E-state index in [4.69, 9.17) is 0 Å². The molecule has 2 aromatic carbocycles. The van der Waals surface area contributed by atoms with Crippen LogP contribution in [0.3, 0.4) is 0 Å². The molecule has 2 aliphatic rings. The molecule has 0 saturated carbocycles. The van der Waals surface area contributed by atoms with Crippen LogP contribution in [0.15, 0.2) is 36.4 Å². The Balaban J connectivity index is 1.82. The molecule has 2 aromatic rings. The highest BCUT2D eigenvalue weighted by Crippen LogP contribution is 2.28. The van der Waals surface area contributed by atoms with E-state index in [-0.39, 0.29) is 17.7 Å². The van der Waals surface area contributed by atoms with Gasteiger partial charge in [0, 0.05) is 12.1 Å². The van der Waals surface area contributed by atoms with Crippen molar-refractivity contribution in [1.82, 2.24) is 10.6 Å². The summed E-state index contributed by atoms with van der Waals surface area (Å²) in [6.07, 6.45) is 0. The number of amides is 3. The summed E-state index contributed by atoms with van der Waals surface area (Å²) in [5, 5.41) is 5.05. The number of hydrogen-bond donors (Lipinski definition) is 2. The maximum Gasteiger partial charge on any atom is 0.258 e. The highest BCUT2D eigenvalue weighted by atomic mass is 16.2. The number of fused-ring (bicyclic) bond motifs is 2. The molecule has 0 fully saturated rings. The van der Waals surface area contributed by atoms with Crippen LogP contribution in [0.4, 0.5) is 0 Å². The molecule has 0 aromatic heterocycles. The fourth-order valence-electron chi connectivity index (χ4n) is 2.76. The standard InChI is InChI=1S/C16H10N2O3/c19-14-11-3-1-8(5-10(11)7-17-14)9-2-4-12-13(6-9)16(21)18-15(12)20/h1-6H,7H2,(H,17,19)(H,18,20,21). The largest absolute Gasteiger partial charge is 0.348 e. The average molecular weight is 278 g/mol. The fraction of sp³-hybridized carbons (Fsp3) is 0.0625. The second-order valence-electron chi connectivity index (χ2n) is 5.10. The van der Waals surface area contributed by atoms with Gasteiger partial charge in [0.15, 0.2) is 0 Å². The molecule has 0 bridgehead atoms. The Morgan fingerprint density at radius 2 is 1.38 bits per heavy atom. The first-order valence-corrected chi connectivity index (χ1v) is 6.55. The van der Waals surface area contributed by atoms with Crippen LogP contribution in [0.5, 0.6) is 0 Å². The minimum Gasteiger partial charge on any atom is -0.348 e. The topological polar surface area (TPSA) is 75.3 Å². The third-order valence-corrected chi connectivity index (χ3v) is 3.86. The first-order valence-electron chi connectivity index (χ1n) is 6.55. The van der Waals surface area contributed by atoms with Gasteiger partial charge in [-0.2, -0.15) is 0 Å². The van der Waals surface area contributed by atoms with Crippen molar-refractivity contribution in [1.29, 1.82) is 0 Å². The highest BCUT2D eigenvalue weighted by Gasteiger charge is 2.27. The average Bonchev–Trinajstić information content (AvgIpc) is 3.00. The second-order valence-corrected chi connectivity index (χ2v) is 5.10. The summed E-state index contributed by atoms with van der Waals surface area (Å²) in [5.74, 6) is -0.782. The van der Waals surface area contributed by atoms with Crippen LogP contribution >= 0.6 is 0 Å². The molecule has 0 radical (unpaired) electrons. The van der Waals surface area contributed by atoms with Gasteiger partial charge in [-0.3, -0.25) is 19.7 Å². The van der Waals surface area contributed by atoms with Crippen molar-refractivity contribution in [3.8, 4) is 11.1 Å². The van der Waals surface area contributed by atoms with E-state index in [2.05, 4.69) is 10.6 Å². The first kappa shape index (κ1) is 11.8. The molecule has 0 aliphatic carbocycles. The number of imide groups is 1. The lowest BCUT2D eigenvalue weighted by Gasteiger charge is -2.05. The molecular weight excluding hydrogens is 268 g/mol. The van der Waals surface area contributed by atoms with E-state index in [1.54, 1.807) is 18.2 Å². The third-order valence-electron chi connectivity index (χ3n) is 3.86. The van der Waals surface area contributed by atoms with E-state index in [9.17, 15) is 14.4 Å².